The molecule has 3 rings (SSSR count). The minimum atomic E-state index is -0.351. The highest BCUT2D eigenvalue weighted by Gasteiger charge is 2.05. The maximum atomic E-state index is 12.8. The van der Waals surface area contributed by atoms with Crippen molar-refractivity contribution in [1.29, 1.82) is 0 Å². The molecule has 5 heteroatoms. The normalized spacial score (nSPS) is 10.7. The van der Waals surface area contributed by atoms with Crippen LogP contribution in [-0.4, -0.2) is 22.0 Å². The fourth-order valence-corrected chi connectivity index (χ4v) is 2.18. The zero-order chi connectivity index (χ0) is 14.7. The zero-order valence-electron chi connectivity index (χ0n) is 11.3. The number of aromatic nitrogens is 2. The van der Waals surface area contributed by atoms with Gasteiger partial charge in [0.2, 0.25) is 0 Å². The predicted molar refractivity (Wildman–Crippen MR) is 78.5 cm³/mol. The van der Waals surface area contributed by atoms with Crippen molar-refractivity contribution >= 4 is 16.9 Å². The van der Waals surface area contributed by atoms with Crippen LogP contribution in [0.25, 0.3) is 11.0 Å². The average molecular weight is 283 g/mol. The molecule has 3 aromatic rings. The van der Waals surface area contributed by atoms with Crippen molar-refractivity contribution in [2.75, 3.05) is 6.54 Å². The maximum absolute atomic E-state index is 12.8. The van der Waals surface area contributed by atoms with Gasteiger partial charge in [0.1, 0.15) is 5.82 Å². The van der Waals surface area contributed by atoms with Crippen molar-refractivity contribution in [3.63, 3.8) is 0 Å². The molecule has 2 aromatic carbocycles. The van der Waals surface area contributed by atoms with Crippen LogP contribution in [0.1, 0.15) is 10.4 Å². The molecule has 106 valence electrons. The standard InChI is InChI=1S/C16H14FN3O/c17-13-7-5-12(6-8-13)16(21)18-9-10-20-11-19-14-3-1-2-4-15(14)20/h1-8,11H,9-10H2,(H,18,21). The van der Waals surface area contributed by atoms with Crippen LogP contribution in [0.3, 0.4) is 0 Å². The van der Waals surface area contributed by atoms with Gasteiger partial charge in [-0.15, -0.1) is 0 Å². The van der Waals surface area contributed by atoms with E-state index in [1.54, 1.807) is 6.33 Å². The number of hydrogen-bond donors (Lipinski definition) is 1. The van der Waals surface area contributed by atoms with Crippen molar-refractivity contribution in [2.24, 2.45) is 0 Å². The maximum Gasteiger partial charge on any atom is 0.251 e. The molecular formula is C16H14FN3O. The second-order valence-corrected chi connectivity index (χ2v) is 4.69. The van der Waals surface area contributed by atoms with Gasteiger partial charge in [0.25, 0.3) is 5.91 Å². The molecule has 0 radical (unpaired) electrons. The number of carbonyl (C=O) groups excluding carboxylic acids is 1. The molecule has 0 aliphatic rings. The highest BCUT2D eigenvalue weighted by atomic mass is 19.1. The Morgan fingerprint density at radius 1 is 1.14 bits per heavy atom. The van der Waals surface area contributed by atoms with E-state index >= 15 is 0 Å². The highest BCUT2D eigenvalue weighted by Crippen LogP contribution is 2.11. The van der Waals surface area contributed by atoms with E-state index in [1.807, 2.05) is 28.8 Å². The fraction of sp³-hybridized carbons (Fsp3) is 0.125. The zero-order valence-corrected chi connectivity index (χ0v) is 11.3. The van der Waals surface area contributed by atoms with Crippen LogP contribution >= 0.6 is 0 Å². The average Bonchev–Trinajstić information content (AvgIpc) is 2.91. The number of hydrogen-bond acceptors (Lipinski definition) is 2. The third kappa shape index (κ3) is 2.91. The first-order valence-corrected chi connectivity index (χ1v) is 6.68. The summed E-state index contributed by atoms with van der Waals surface area (Å²) in [4.78, 5) is 16.2. The van der Waals surface area contributed by atoms with E-state index in [4.69, 9.17) is 0 Å². The van der Waals surface area contributed by atoms with E-state index in [0.717, 1.165) is 11.0 Å². The van der Waals surface area contributed by atoms with Gasteiger partial charge in [-0.2, -0.15) is 0 Å². The quantitative estimate of drug-likeness (QED) is 0.800. The SMILES string of the molecule is O=C(NCCn1cnc2ccccc21)c1ccc(F)cc1. The van der Waals surface area contributed by atoms with Crippen LogP contribution in [-0.2, 0) is 6.54 Å². The predicted octanol–water partition coefficient (Wildman–Crippen LogP) is 2.61. The van der Waals surface area contributed by atoms with Crippen molar-refractivity contribution in [1.82, 2.24) is 14.9 Å². The van der Waals surface area contributed by atoms with Crippen LogP contribution < -0.4 is 5.32 Å². The van der Waals surface area contributed by atoms with Gasteiger partial charge in [-0.1, -0.05) is 12.1 Å². The molecule has 0 unspecified atom stereocenters. The Kier molecular flexibility index (Phi) is 3.64. The summed E-state index contributed by atoms with van der Waals surface area (Å²) in [5, 5.41) is 2.81. The van der Waals surface area contributed by atoms with Gasteiger partial charge in [-0.3, -0.25) is 4.79 Å². The van der Waals surface area contributed by atoms with Gasteiger partial charge in [0, 0.05) is 18.7 Å². The fourth-order valence-electron chi connectivity index (χ4n) is 2.18. The third-order valence-electron chi connectivity index (χ3n) is 3.27. The number of nitrogens with zero attached hydrogens (tertiary/aromatic N) is 2. The van der Waals surface area contributed by atoms with Crippen LogP contribution in [0.5, 0.6) is 0 Å². The van der Waals surface area contributed by atoms with Gasteiger partial charge in [0.15, 0.2) is 0 Å². The molecule has 0 atom stereocenters. The topological polar surface area (TPSA) is 46.9 Å². The molecule has 0 bridgehead atoms. The van der Waals surface area contributed by atoms with Crippen LogP contribution in [0.2, 0.25) is 0 Å². The second-order valence-electron chi connectivity index (χ2n) is 4.69. The molecular weight excluding hydrogens is 269 g/mol. The molecule has 1 N–H and O–H groups in total. The van der Waals surface area contributed by atoms with Crippen molar-refractivity contribution < 1.29 is 9.18 Å². The lowest BCUT2D eigenvalue weighted by atomic mass is 10.2. The number of para-hydroxylation sites is 2. The van der Waals surface area contributed by atoms with E-state index in [9.17, 15) is 9.18 Å². The Morgan fingerprint density at radius 3 is 2.71 bits per heavy atom. The van der Waals surface area contributed by atoms with E-state index in [0.29, 0.717) is 18.7 Å². The summed E-state index contributed by atoms with van der Waals surface area (Å²) in [6.45, 7) is 1.12. The molecule has 0 fully saturated rings. The largest absolute Gasteiger partial charge is 0.350 e. The Bertz CT molecular complexity index is 765. The van der Waals surface area contributed by atoms with E-state index in [-0.39, 0.29) is 11.7 Å². The van der Waals surface area contributed by atoms with Gasteiger partial charge >= 0.3 is 0 Å². The summed E-state index contributed by atoms with van der Waals surface area (Å²) < 4.78 is 14.8. The number of imidazole rings is 1. The molecule has 1 heterocycles. The number of carbonyl (C=O) groups is 1. The number of fused-ring (bicyclic) bond motifs is 1. The molecule has 0 saturated carbocycles. The van der Waals surface area contributed by atoms with Crippen LogP contribution in [0, 0.1) is 5.82 Å². The second kappa shape index (κ2) is 5.75. The van der Waals surface area contributed by atoms with Gasteiger partial charge < -0.3 is 9.88 Å². The summed E-state index contributed by atoms with van der Waals surface area (Å²) in [5.41, 5.74) is 2.42. The van der Waals surface area contributed by atoms with Gasteiger partial charge in [-0.05, 0) is 36.4 Å². The van der Waals surface area contributed by atoms with E-state index < -0.39 is 0 Å². The number of rotatable bonds is 4. The first-order chi connectivity index (χ1) is 10.2. The molecule has 0 aliphatic carbocycles. The number of halogens is 1. The van der Waals surface area contributed by atoms with E-state index in [1.165, 1.54) is 24.3 Å². The Morgan fingerprint density at radius 2 is 1.90 bits per heavy atom. The molecule has 4 nitrogen and oxygen atoms in total. The summed E-state index contributed by atoms with van der Waals surface area (Å²) in [6, 6.07) is 13.3. The molecule has 1 aromatic heterocycles. The van der Waals surface area contributed by atoms with Crippen molar-refractivity contribution in [3.8, 4) is 0 Å². The van der Waals surface area contributed by atoms with Crippen LogP contribution in [0.15, 0.2) is 54.9 Å². The summed E-state index contributed by atoms with van der Waals surface area (Å²) in [6.07, 6.45) is 1.76. The Labute approximate surface area is 121 Å². The smallest absolute Gasteiger partial charge is 0.251 e. The van der Waals surface area contributed by atoms with E-state index in [2.05, 4.69) is 10.3 Å². The number of benzene rings is 2. The number of amides is 1. The first-order valence-electron chi connectivity index (χ1n) is 6.68. The lowest BCUT2D eigenvalue weighted by Gasteiger charge is -2.07. The third-order valence-corrected chi connectivity index (χ3v) is 3.27. The molecule has 21 heavy (non-hydrogen) atoms. The van der Waals surface area contributed by atoms with Gasteiger partial charge in [0.05, 0.1) is 17.4 Å². The molecule has 0 aliphatic heterocycles. The molecule has 1 amide bonds. The lowest BCUT2D eigenvalue weighted by Crippen LogP contribution is -2.27. The summed E-state index contributed by atoms with van der Waals surface area (Å²) >= 11 is 0. The minimum Gasteiger partial charge on any atom is -0.350 e. The van der Waals surface area contributed by atoms with Crippen LogP contribution in [0.4, 0.5) is 4.39 Å². The summed E-state index contributed by atoms with van der Waals surface area (Å²) in [5.74, 6) is -0.559. The number of nitrogens with one attached hydrogen (secondary N) is 1. The summed E-state index contributed by atoms with van der Waals surface area (Å²) in [7, 11) is 0. The van der Waals surface area contributed by atoms with Gasteiger partial charge in [-0.25, -0.2) is 9.37 Å². The van der Waals surface area contributed by atoms with Crippen molar-refractivity contribution in [3.05, 3.63) is 66.2 Å². The Hall–Kier alpha value is -2.69. The lowest BCUT2D eigenvalue weighted by molar-refractivity contribution is 0.0952. The monoisotopic (exact) mass is 283 g/mol. The Balaban J connectivity index is 1.61. The highest BCUT2D eigenvalue weighted by molar-refractivity contribution is 5.94. The first kappa shape index (κ1) is 13.3. The molecule has 0 saturated heterocycles. The minimum absolute atomic E-state index is 0.209. The molecule has 0 spiro atoms. The van der Waals surface area contributed by atoms with Crippen molar-refractivity contribution in [2.45, 2.75) is 6.54 Å².